The minimum Gasteiger partial charge on any atom is -0.465 e. The van der Waals surface area contributed by atoms with Crippen LogP contribution in [-0.2, 0) is 25.7 Å². The summed E-state index contributed by atoms with van der Waals surface area (Å²) in [5.74, 6) is -0.594. The van der Waals surface area contributed by atoms with Gasteiger partial charge in [0, 0.05) is 45.8 Å². The van der Waals surface area contributed by atoms with Gasteiger partial charge in [-0.1, -0.05) is 30.3 Å². The number of carbonyl (C=O) groups is 5. The van der Waals surface area contributed by atoms with Crippen molar-refractivity contribution in [2.45, 2.75) is 38.9 Å². The van der Waals surface area contributed by atoms with Crippen LogP contribution >= 0.6 is 0 Å². The van der Waals surface area contributed by atoms with Crippen LogP contribution in [0.15, 0.2) is 30.3 Å². The largest absolute Gasteiger partial charge is 0.465 e. The predicted molar refractivity (Wildman–Crippen MR) is 152 cm³/mol. The van der Waals surface area contributed by atoms with E-state index in [1.54, 1.807) is 23.6 Å². The number of hydrogen-bond acceptors (Lipinski definition) is 8. The van der Waals surface area contributed by atoms with E-state index >= 15 is 0 Å². The number of ether oxygens (including phenoxy) is 2. The second kappa shape index (κ2) is 15.8. The summed E-state index contributed by atoms with van der Waals surface area (Å²) >= 11 is 0. The first-order valence-corrected chi connectivity index (χ1v) is 14.2. The number of carbonyl (C=O) groups excluding carboxylic acids is 4. The number of amides is 5. The van der Waals surface area contributed by atoms with Gasteiger partial charge in [0.15, 0.2) is 0 Å². The molecular formula is C28H42N6O8. The summed E-state index contributed by atoms with van der Waals surface area (Å²) in [5.41, 5.74) is -0.376. The molecule has 2 aliphatic heterocycles. The van der Waals surface area contributed by atoms with Crippen molar-refractivity contribution >= 4 is 30.1 Å². The Bertz CT molecular complexity index is 1080. The highest BCUT2D eigenvalue weighted by molar-refractivity contribution is 5.83. The van der Waals surface area contributed by atoms with Crippen LogP contribution in [0, 0.1) is 0 Å². The number of rotatable bonds is 9. The standard InChI is InChI=1S/C28H42N6O8/c1-28(2,21-34(26(38)39)19-24(36)31-12-6-10-29-11-15-31)42-27(40)33-14-7-13-32(16-17-33)23(35)18-30-25(37)41-20-22-8-4-3-5-9-22/h3-5,8-9,29H,6-7,10-21H2,1-2H3,(H,30,37)(H,38,39). The number of nitrogens with one attached hydrogen (secondary N) is 2. The van der Waals surface area contributed by atoms with Crippen LogP contribution in [0.1, 0.15) is 32.3 Å². The highest BCUT2D eigenvalue weighted by Crippen LogP contribution is 2.16. The van der Waals surface area contributed by atoms with Crippen molar-refractivity contribution in [1.29, 1.82) is 0 Å². The Morgan fingerprint density at radius 3 is 2.31 bits per heavy atom. The van der Waals surface area contributed by atoms with E-state index in [-0.39, 0.29) is 51.1 Å². The lowest BCUT2D eigenvalue weighted by atomic mass is 10.1. The first-order chi connectivity index (χ1) is 20.0. The highest BCUT2D eigenvalue weighted by Gasteiger charge is 2.33. The van der Waals surface area contributed by atoms with Gasteiger partial charge in [0.2, 0.25) is 11.8 Å². The molecule has 2 aliphatic rings. The summed E-state index contributed by atoms with van der Waals surface area (Å²) in [6.45, 7) is 6.25. The van der Waals surface area contributed by atoms with Crippen molar-refractivity contribution < 1.29 is 38.6 Å². The molecule has 0 atom stereocenters. The molecular weight excluding hydrogens is 548 g/mol. The summed E-state index contributed by atoms with van der Waals surface area (Å²) in [7, 11) is 0. The smallest absolute Gasteiger partial charge is 0.410 e. The number of alkyl carbamates (subject to hydrolysis) is 1. The second-order valence-electron chi connectivity index (χ2n) is 10.9. The maximum absolute atomic E-state index is 13.0. The van der Waals surface area contributed by atoms with E-state index in [9.17, 15) is 29.1 Å². The van der Waals surface area contributed by atoms with Crippen LogP contribution in [0.25, 0.3) is 0 Å². The molecule has 1 aromatic rings. The molecule has 2 saturated heterocycles. The zero-order valence-corrected chi connectivity index (χ0v) is 24.4. The fourth-order valence-corrected chi connectivity index (χ4v) is 4.73. The Kier molecular flexibility index (Phi) is 12.2. The molecule has 0 aromatic heterocycles. The summed E-state index contributed by atoms with van der Waals surface area (Å²) in [6, 6.07) is 9.18. The number of carboxylic acid groups (broad SMARTS) is 1. The van der Waals surface area contributed by atoms with E-state index in [4.69, 9.17) is 9.47 Å². The van der Waals surface area contributed by atoms with Gasteiger partial charge in [-0.25, -0.2) is 14.4 Å². The lowest BCUT2D eigenvalue weighted by Gasteiger charge is -2.33. The third-order valence-electron chi connectivity index (χ3n) is 6.93. The van der Waals surface area contributed by atoms with Crippen LogP contribution < -0.4 is 10.6 Å². The van der Waals surface area contributed by atoms with Gasteiger partial charge in [0.25, 0.3) is 0 Å². The Balaban J connectivity index is 1.43. The van der Waals surface area contributed by atoms with Crippen LogP contribution in [0.5, 0.6) is 0 Å². The van der Waals surface area contributed by atoms with Crippen molar-refractivity contribution in [3.05, 3.63) is 35.9 Å². The minimum absolute atomic E-state index is 0.0920. The fraction of sp³-hybridized carbons (Fsp3) is 0.607. The van der Waals surface area contributed by atoms with E-state index in [2.05, 4.69) is 10.6 Å². The molecule has 14 nitrogen and oxygen atoms in total. The molecule has 14 heteroatoms. The van der Waals surface area contributed by atoms with Crippen molar-refractivity contribution in [1.82, 2.24) is 30.2 Å². The lowest BCUT2D eigenvalue weighted by Crippen LogP contribution is -2.50. The summed E-state index contributed by atoms with van der Waals surface area (Å²) in [6.07, 6.45) is -1.32. The SMILES string of the molecule is CC(C)(CN(CC(=O)N1CCCNCC1)C(=O)O)OC(=O)N1CCCN(C(=O)CNC(=O)OCc2ccccc2)CC1. The fourth-order valence-electron chi connectivity index (χ4n) is 4.73. The van der Waals surface area contributed by atoms with Gasteiger partial charge in [-0.2, -0.15) is 0 Å². The molecule has 0 saturated carbocycles. The molecule has 2 heterocycles. The molecule has 0 bridgehead atoms. The van der Waals surface area contributed by atoms with E-state index in [0.717, 1.165) is 23.4 Å². The van der Waals surface area contributed by atoms with E-state index in [0.29, 0.717) is 39.1 Å². The molecule has 232 valence electrons. The summed E-state index contributed by atoms with van der Waals surface area (Å²) in [4.78, 5) is 67.9. The molecule has 3 rings (SSSR count). The number of nitrogens with zero attached hydrogens (tertiary/aromatic N) is 4. The first kappa shape index (κ1) is 32.4. The van der Waals surface area contributed by atoms with Crippen molar-refractivity contribution in [3.63, 3.8) is 0 Å². The van der Waals surface area contributed by atoms with Gasteiger partial charge in [0.05, 0.1) is 6.54 Å². The maximum atomic E-state index is 13.0. The molecule has 5 amide bonds. The van der Waals surface area contributed by atoms with Crippen LogP contribution in [0.4, 0.5) is 14.4 Å². The topological polar surface area (TPSA) is 161 Å². The van der Waals surface area contributed by atoms with Gasteiger partial charge in [-0.05, 0) is 38.8 Å². The predicted octanol–water partition coefficient (Wildman–Crippen LogP) is 1.16. The summed E-state index contributed by atoms with van der Waals surface area (Å²) < 4.78 is 10.8. The highest BCUT2D eigenvalue weighted by atomic mass is 16.6. The molecule has 2 fully saturated rings. The quantitative estimate of drug-likeness (QED) is 0.383. The Labute approximate surface area is 245 Å². The van der Waals surface area contributed by atoms with E-state index in [1.807, 2.05) is 30.3 Å². The van der Waals surface area contributed by atoms with E-state index in [1.165, 1.54) is 4.90 Å². The zero-order chi connectivity index (χ0) is 30.5. The number of hydrogen-bond donors (Lipinski definition) is 3. The Morgan fingerprint density at radius 2 is 1.57 bits per heavy atom. The van der Waals surface area contributed by atoms with Gasteiger partial charge in [0.1, 0.15) is 25.3 Å². The Hall–Kier alpha value is -4.07. The molecule has 0 radical (unpaired) electrons. The minimum atomic E-state index is -1.28. The second-order valence-corrected chi connectivity index (χ2v) is 10.9. The average molecular weight is 591 g/mol. The van der Waals surface area contributed by atoms with Crippen molar-refractivity contribution in [2.75, 3.05) is 72.0 Å². The third kappa shape index (κ3) is 10.7. The number of benzene rings is 1. The van der Waals surface area contributed by atoms with Gasteiger partial charge < -0.3 is 39.9 Å². The van der Waals surface area contributed by atoms with Gasteiger partial charge in [-0.15, -0.1) is 0 Å². The molecule has 0 aliphatic carbocycles. The molecule has 1 aromatic carbocycles. The summed E-state index contributed by atoms with van der Waals surface area (Å²) in [5, 5.41) is 15.4. The zero-order valence-electron chi connectivity index (χ0n) is 24.4. The lowest BCUT2D eigenvalue weighted by molar-refractivity contribution is -0.132. The monoisotopic (exact) mass is 590 g/mol. The van der Waals surface area contributed by atoms with Crippen LogP contribution in [0.3, 0.4) is 0 Å². The third-order valence-corrected chi connectivity index (χ3v) is 6.93. The van der Waals surface area contributed by atoms with Gasteiger partial charge >= 0.3 is 18.3 Å². The Morgan fingerprint density at radius 1 is 0.905 bits per heavy atom. The van der Waals surface area contributed by atoms with Crippen molar-refractivity contribution in [2.24, 2.45) is 0 Å². The molecule has 3 N–H and O–H groups in total. The van der Waals surface area contributed by atoms with Gasteiger partial charge in [-0.3, -0.25) is 14.5 Å². The molecule has 0 spiro atoms. The van der Waals surface area contributed by atoms with Crippen LogP contribution in [0.2, 0.25) is 0 Å². The van der Waals surface area contributed by atoms with Crippen molar-refractivity contribution in [3.8, 4) is 0 Å². The molecule has 42 heavy (non-hydrogen) atoms. The first-order valence-electron chi connectivity index (χ1n) is 14.2. The average Bonchev–Trinajstić information content (AvgIpc) is 3.39. The normalized spacial score (nSPS) is 16.1. The van der Waals surface area contributed by atoms with Crippen LogP contribution in [-0.4, -0.2) is 132 Å². The maximum Gasteiger partial charge on any atom is 0.410 e. The van der Waals surface area contributed by atoms with E-state index < -0.39 is 23.9 Å². The molecule has 0 unspecified atom stereocenters.